The van der Waals surface area contributed by atoms with Gasteiger partial charge in [-0.2, -0.15) is 8.42 Å². The molecule has 0 radical (unpaired) electrons. The molecule has 0 saturated heterocycles. The van der Waals surface area contributed by atoms with Crippen LogP contribution in [-0.2, 0) is 27.8 Å². The topological polar surface area (TPSA) is 99.9 Å². The average molecular weight is 339 g/mol. The molecule has 0 amide bonds. The zero-order chi connectivity index (χ0) is 16.9. The van der Waals surface area contributed by atoms with Crippen LogP contribution in [0.15, 0.2) is 12.4 Å². The van der Waals surface area contributed by atoms with Crippen LogP contribution < -0.4 is 0 Å². The normalized spacial score (nSPS) is 11.8. The molecule has 0 spiro atoms. The SMILES string of the molecule is Cc1cnc(-c2nnc(CCCCCOS(C)(=O)=O)n2C)cn1. The Labute approximate surface area is 136 Å². The molecule has 0 N–H and O–H groups in total. The van der Waals surface area contributed by atoms with E-state index in [1.165, 1.54) is 0 Å². The summed E-state index contributed by atoms with van der Waals surface area (Å²) in [5.74, 6) is 1.55. The minimum atomic E-state index is -3.34. The van der Waals surface area contributed by atoms with Gasteiger partial charge in [-0.1, -0.05) is 6.42 Å². The van der Waals surface area contributed by atoms with Gasteiger partial charge in [-0.25, -0.2) is 4.98 Å². The van der Waals surface area contributed by atoms with Gasteiger partial charge in [0.15, 0.2) is 5.82 Å². The molecule has 0 bridgehead atoms. The molecule has 23 heavy (non-hydrogen) atoms. The van der Waals surface area contributed by atoms with Crippen LogP contribution in [0.2, 0.25) is 0 Å². The third kappa shape index (κ3) is 5.36. The van der Waals surface area contributed by atoms with Crippen LogP contribution in [0, 0.1) is 6.92 Å². The van der Waals surface area contributed by atoms with Crippen LogP contribution in [0.4, 0.5) is 0 Å². The first-order chi connectivity index (χ1) is 10.9. The maximum absolute atomic E-state index is 10.8. The first kappa shape index (κ1) is 17.5. The summed E-state index contributed by atoms with van der Waals surface area (Å²) in [6.45, 7) is 2.11. The summed E-state index contributed by atoms with van der Waals surface area (Å²) in [6.07, 6.45) is 7.66. The molecule has 2 rings (SSSR count). The van der Waals surface area contributed by atoms with Crippen molar-refractivity contribution in [3.8, 4) is 11.5 Å². The highest BCUT2D eigenvalue weighted by atomic mass is 32.2. The third-order valence-electron chi connectivity index (χ3n) is 3.32. The van der Waals surface area contributed by atoms with Crippen molar-refractivity contribution in [2.75, 3.05) is 12.9 Å². The van der Waals surface area contributed by atoms with E-state index >= 15 is 0 Å². The number of hydrogen-bond donors (Lipinski definition) is 0. The zero-order valence-corrected chi connectivity index (χ0v) is 14.4. The van der Waals surface area contributed by atoms with E-state index in [0.717, 1.165) is 37.0 Å². The van der Waals surface area contributed by atoms with Gasteiger partial charge in [0.25, 0.3) is 10.1 Å². The summed E-state index contributed by atoms with van der Waals surface area (Å²) >= 11 is 0. The number of aryl methyl sites for hydroxylation is 2. The summed E-state index contributed by atoms with van der Waals surface area (Å²) in [5.41, 5.74) is 1.55. The second-order valence-electron chi connectivity index (χ2n) is 5.38. The minimum absolute atomic E-state index is 0.224. The van der Waals surface area contributed by atoms with Crippen LogP contribution in [0.1, 0.15) is 30.8 Å². The highest BCUT2D eigenvalue weighted by Gasteiger charge is 2.11. The Hall–Kier alpha value is -1.87. The molecule has 0 aliphatic heterocycles. The molecule has 2 aromatic heterocycles. The summed E-state index contributed by atoms with van der Waals surface area (Å²) in [7, 11) is -1.44. The Bertz CT molecular complexity index is 740. The molecule has 9 heteroatoms. The van der Waals surface area contributed by atoms with Gasteiger partial charge < -0.3 is 4.57 Å². The van der Waals surface area contributed by atoms with Crippen molar-refractivity contribution in [1.29, 1.82) is 0 Å². The molecule has 126 valence electrons. The number of hydrogen-bond acceptors (Lipinski definition) is 7. The van der Waals surface area contributed by atoms with E-state index in [1.54, 1.807) is 12.4 Å². The Kier molecular flexibility index (Phi) is 5.78. The summed E-state index contributed by atoms with van der Waals surface area (Å²) in [6, 6.07) is 0. The average Bonchev–Trinajstić information content (AvgIpc) is 2.84. The van der Waals surface area contributed by atoms with Gasteiger partial charge in [-0.05, 0) is 19.8 Å². The van der Waals surface area contributed by atoms with Crippen LogP contribution in [0.3, 0.4) is 0 Å². The first-order valence-corrected chi connectivity index (χ1v) is 9.20. The van der Waals surface area contributed by atoms with Gasteiger partial charge >= 0.3 is 0 Å². The molecule has 0 aromatic carbocycles. The Morgan fingerprint density at radius 1 is 1.13 bits per heavy atom. The van der Waals surface area contributed by atoms with Crippen molar-refractivity contribution in [2.45, 2.75) is 32.6 Å². The zero-order valence-electron chi connectivity index (χ0n) is 13.6. The number of nitrogens with zero attached hydrogens (tertiary/aromatic N) is 5. The smallest absolute Gasteiger partial charge is 0.264 e. The Morgan fingerprint density at radius 3 is 2.57 bits per heavy atom. The molecule has 0 unspecified atom stereocenters. The highest BCUT2D eigenvalue weighted by Crippen LogP contribution is 2.15. The van der Waals surface area contributed by atoms with E-state index in [4.69, 9.17) is 4.18 Å². The maximum Gasteiger partial charge on any atom is 0.264 e. The van der Waals surface area contributed by atoms with E-state index in [9.17, 15) is 8.42 Å². The monoisotopic (exact) mass is 339 g/mol. The van der Waals surface area contributed by atoms with Gasteiger partial charge in [-0.3, -0.25) is 9.17 Å². The van der Waals surface area contributed by atoms with Crippen LogP contribution in [-0.4, -0.2) is 46.0 Å². The first-order valence-electron chi connectivity index (χ1n) is 7.38. The predicted molar refractivity (Wildman–Crippen MR) is 85.1 cm³/mol. The molecular formula is C14H21N5O3S. The second kappa shape index (κ2) is 7.60. The maximum atomic E-state index is 10.8. The van der Waals surface area contributed by atoms with E-state index < -0.39 is 10.1 Å². The van der Waals surface area contributed by atoms with Crippen molar-refractivity contribution >= 4 is 10.1 Å². The van der Waals surface area contributed by atoms with Crippen molar-refractivity contribution in [3.63, 3.8) is 0 Å². The molecule has 0 aliphatic rings. The lowest BCUT2D eigenvalue weighted by Crippen LogP contribution is -2.04. The van der Waals surface area contributed by atoms with E-state index in [1.807, 2.05) is 18.5 Å². The summed E-state index contributed by atoms with van der Waals surface area (Å²) < 4.78 is 28.3. The molecule has 0 atom stereocenters. The quantitative estimate of drug-likeness (QED) is 0.527. The summed E-state index contributed by atoms with van der Waals surface area (Å²) in [5, 5.41) is 8.36. The minimum Gasteiger partial charge on any atom is -0.313 e. The lowest BCUT2D eigenvalue weighted by Gasteiger charge is -2.04. The fourth-order valence-electron chi connectivity index (χ4n) is 2.08. The van der Waals surface area contributed by atoms with Crippen molar-refractivity contribution in [1.82, 2.24) is 24.7 Å². The highest BCUT2D eigenvalue weighted by molar-refractivity contribution is 7.85. The summed E-state index contributed by atoms with van der Waals surface area (Å²) in [4.78, 5) is 8.52. The van der Waals surface area contributed by atoms with Crippen LogP contribution in [0.5, 0.6) is 0 Å². The van der Waals surface area contributed by atoms with E-state index in [2.05, 4.69) is 20.2 Å². The van der Waals surface area contributed by atoms with Crippen molar-refractivity contribution in [3.05, 3.63) is 23.9 Å². The van der Waals surface area contributed by atoms with E-state index in [0.29, 0.717) is 17.9 Å². The van der Waals surface area contributed by atoms with Crippen LogP contribution in [0.25, 0.3) is 11.5 Å². The molecule has 8 nitrogen and oxygen atoms in total. The van der Waals surface area contributed by atoms with Crippen LogP contribution >= 0.6 is 0 Å². The molecule has 0 fully saturated rings. The molecule has 0 saturated carbocycles. The molecule has 2 heterocycles. The van der Waals surface area contributed by atoms with Gasteiger partial charge in [0.1, 0.15) is 11.5 Å². The fourth-order valence-corrected chi connectivity index (χ4v) is 2.50. The molecular weight excluding hydrogens is 318 g/mol. The Morgan fingerprint density at radius 2 is 1.91 bits per heavy atom. The van der Waals surface area contributed by atoms with Gasteiger partial charge in [0, 0.05) is 19.7 Å². The molecule has 2 aromatic rings. The third-order valence-corrected chi connectivity index (χ3v) is 3.91. The number of unbranched alkanes of at least 4 members (excludes halogenated alkanes) is 2. The number of aromatic nitrogens is 5. The second-order valence-corrected chi connectivity index (χ2v) is 7.02. The van der Waals surface area contributed by atoms with Gasteiger partial charge in [0.2, 0.25) is 0 Å². The lowest BCUT2D eigenvalue weighted by molar-refractivity contribution is 0.310. The fraction of sp³-hybridized carbons (Fsp3) is 0.571. The largest absolute Gasteiger partial charge is 0.313 e. The van der Waals surface area contributed by atoms with Gasteiger partial charge in [0.05, 0.1) is 24.8 Å². The standard InChI is InChI=1S/C14H21N5O3S/c1-11-9-16-12(10-15-11)14-18-17-13(19(14)2)7-5-4-6-8-22-23(3,20)21/h9-10H,4-8H2,1-3H3. The molecule has 0 aliphatic carbocycles. The Balaban J connectivity index is 1.84. The van der Waals surface area contributed by atoms with Gasteiger partial charge in [-0.15, -0.1) is 10.2 Å². The lowest BCUT2D eigenvalue weighted by atomic mass is 10.2. The van der Waals surface area contributed by atoms with Crippen molar-refractivity contribution in [2.24, 2.45) is 7.05 Å². The van der Waals surface area contributed by atoms with Crippen molar-refractivity contribution < 1.29 is 12.6 Å². The van der Waals surface area contributed by atoms with E-state index in [-0.39, 0.29) is 6.61 Å². The predicted octanol–water partition coefficient (Wildman–Crippen LogP) is 1.27. The number of rotatable bonds is 8.